The van der Waals surface area contributed by atoms with Crippen molar-refractivity contribution in [2.24, 2.45) is 0 Å². The second kappa shape index (κ2) is 9.17. The molecule has 0 fully saturated rings. The van der Waals surface area contributed by atoms with Crippen LogP contribution in [0.1, 0.15) is 20.8 Å². The quantitative estimate of drug-likeness (QED) is 0.593. The van der Waals surface area contributed by atoms with E-state index in [9.17, 15) is 4.79 Å². The van der Waals surface area contributed by atoms with Gasteiger partial charge < -0.3 is 10.4 Å². The second-order valence-corrected chi connectivity index (χ2v) is 1.85. The molecule has 0 aliphatic heterocycles. The molecule has 0 rings (SSSR count). The largest absolute Gasteiger partial charge is 0.395 e. The molecule has 0 saturated heterocycles. The van der Waals surface area contributed by atoms with Gasteiger partial charge in [0.25, 0.3) is 0 Å². The van der Waals surface area contributed by atoms with Gasteiger partial charge in [-0.15, -0.1) is 0 Å². The van der Waals surface area contributed by atoms with E-state index in [1.54, 1.807) is 6.08 Å². The molecular formula is C8H17NO2. The van der Waals surface area contributed by atoms with Crippen LogP contribution >= 0.6 is 0 Å². The number of aliphatic hydroxyl groups excluding tert-OH is 1. The van der Waals surface area contributed by atoms with E-state index in [0.717, 1.165) is 0 Å². The minimum absolute atomic E-state index is 0. The van der Waals surface area contributed by atoms with Gasteiger partial charge in [0.15, 0.2) is 0 Å². The molecule has 0 spiro atoms. The Morgan fingerprint density at radius 1 is 1.64 bits per heavy atom. The molecule has 0 aromatic rings. The van der Waals surface area contributed by atoms with Crippen molar-refractivity contribution in [1.82, 2.24) is 5.32 Å². The lowest BCUT2D eigenvalue weighted by Gasteiger charge is -1.97. The highest BCUT2D eigenvalue weighted by Crippen LogP contribution is 1.80. The maximum atomic E-state index is 10.7. The van der Waals surface area contributed by atoms with Crippen LogP contribution in [-0.4, -0.2) is 24.2 Å². The molecule has 0 aliphatic rings. The van der Waals surface area contributed by atoms with E-state index < -0.39 is 0 Å². The fraction of sp³-hybridized carbons (Fsp3) is 0.625. The second-order valence-electron chi connectivity index (χ2n) is 1.85. The van der Waals surface area contributed by atoms with Gasteiger partial charge in [0.2, 0.25) is 5.91 Å². The van der Waals surface area contributed by atoms with E-state index in [1.165, 1.54) is 0 Å². The van der Waals surface area contributed by atoms with Gasteiger partial charge in [0.05, 0.1) is 6.61 Å². The first-order valence-corrected chi connectivity index (χ1v) is 3.30. The van der Waals surface area contributed by atoms with Gasteiger partial charge in [0, 0.05) is 13.0 Å². The number of nitrogens with one attached hydrogen (secondary N) is 1. The van der Waals surface area contributed by atoms with Gasteiger partial charge >= 0.3 is 0 Å². The summed E-state index contributed by atoms with van der Waals surface area (Å²) in [6.07, 6.45) is 3.99. The lowest BCUT2D eigenvalue weighted by atomic mass is 10.3. The Morgan fingerprint density at radius 3 is 2.73 bits per heavy atom. The summed E-state index contributed by atoms with van der Waals surface area (Å²) >= 11 is 0. The van der Waals surface area contributed by atoms with Crippen molar-refractivity contribution in [2.45, 2.75) is 20.8 Å². The maximum absolute atomic E-state index is 10.7. The first-order chi connectivity index (χ1) is 4.81. The number of amides is 1. The lowest BCUT2D eigenvalue weighted by molar-refractivity contribution is -0.120. The van der Waals surface area contributed by atoms with Crippen LogP contribution in [0.5, 0.6) is 0 Å². The van der Waals surface area contributed by atoms with E-state index in [-0.39, 0.29) is 19.9 Å². The lowest BCUT2D eigenvalue weighted by Crippen LogP contribution is -2.25. The molecule has 0 unspecified atom stereocenters. The van der Waals surface area contributed by atoms with Gasteiger partial charge in [-0.05, 0) is 6.92 Å². The van der Waals surface area contributed by atoms with E-state index >= 15 is 0 Å². The number of rotatable bonds is 4. The number of carbonyl (C=O) groups excluding carboxylic acids is 1. The van der Waals surface area contributed by atoms with Crippen LogP contribution in [0, 0.1) is 0 Å². The molecule has 3 nitrogen and oxygen atoms in total. The van der Waals surface area contributed by atoms with Gasteiger partial charge in [-0.3, -0.25) is 4.79 Å². The monoisotopic (exact) mass is 159 g/mol. The summed E-state index contributed by atoms with van der Waals surface area (Å²) in [5.74, 6) is -0.0489. The van der Waals surface area contributed by atoms with Crippen LogP contribution in [0.15, 0.2) is 12.2 Å². The van der Waals surface area contributed by atoms with Crippen molar-refractivity contribution < 1.29 is 9.90 Å². The summed E-state index contributed by atoms with van der Waals surface area (Å²) in [5, 5.41) is 10.8. The van der Waals surface area contributed by atoms with Crippen LogP contribution in [0.25, 0.3) is 0 Å². The van der Waals surface area contributed by atoms with Gasteiger partial charge in [-0.25, -0.2) is 0 Å². The van der Waals surface area contributed by atoms with Gasteiger partial charge in [-0.2, -0.15) is 0 Å². The fourth-order valence-electron chi connectivity index (χ4n) is 0.492. The Balaban J connectivity index is 0. The molecule has 0 heterocycles. The molecule has 0 aromatic heterocycles. The third-order valence-electron chi connectivity index (χ3n) is 0.973. The molecule has 0 bridgehead atoms. The molecule has 11 heavy (non-hydrogen) atoms. The van der Waals surface area contributed by atoms with Crippen LogP contribution in [0.2, 0.25) is 0 Å². The normalized spacial score (nSPS) is 9.27. The van der Waals surface area contributed by atoms with Crippen molar-refractivity contribution in [3.8, 4) is 0 Å². The standard InChI is InChI=1S/C7H13NO2.CH4/c1-2-3-4-7(10)8-5-6-9;/h2-3,9H,4-6H2,1H3,(H,8,10);1H4. The van der Waals surface area contributed by atoms with Crippen LogP contribution in [0.3, 0.4) is 0 Å². The highest BCUT2D eigenvalue weighted by atomic mass is 16.3. The smallest absolute Gasteiger partial charge is 0.223 e. The Hall–Kier alpha value is -0.830. The summed E-state index contributed by atoms with van der Waals surface area (Å²) in [6.45, 7) is 2.21. The number of aliphatic hydroxyl groups is 1. The van der Waals surface area contributed by atoms with Crippen molar-refractivity contribution in [3.05, 3.63) is 12.2 Å². The van der Waals surface area contributed by atoms with Crippen molar-refractivity contribution in [2.75, 3.05) is 13.2 Å². The summed E-state index contributed by atoms with van der Waals surface area (Å²) in [6, 6.07) is 0. The van der Waals surface area contributed by atoms with Crippen LogP contribution < -0.4 is 5.32 Å². The highest BCUT2D eigenvalue weighted by Gasteiger charge is 1.93. The molecule has 0 radical (unpaired) electrons. The fourth-order valence-corrected chi connectivity index (χ4v) is 0.492. The van der Waals surface area contributed by atoms with Crippen LogP contribution in [-0.2, 0) is 4.79 Å². The average molecular weight is 159 g/mol. The number of hydrogen-bond donors (Lipinski definition) is 2. The Labute approximate surface area is 68.1 Å². The molecule has 0 saturated carbocycles. The molecule has 66 valence electrons. The van der Waals surface area contributed by atoms with E-state index in [4.69, 9.17) is 5.11 Å². The maximum Gasteiger partial charge on any atom is 0.223 e. The minimum Gasteiger partial charge on any atom is -0.395 e. The topological polar surface area (TPSA) is 49.3 Å². The predicted molar refractivity (Wildman–Crippen MR) is 46.3 cm³/mol. The zero-order valence-corrected chi connectivity index (χ0v) is 6.13. The molecule has 3 heteroatoms. The Kier molecular flexibility index (Phi) is 10.7. The average Bonchev–Trinajstić information content (AvgIpc) is 1.97. The first kappa shape index (κ1) is 12.8. The summed E-state index contributed by atoms with van der Waals surface area (Å²) in [5.41, 5.74) is 0. The van der Waals surface area contributed by atoms with Crippen molar-refractivity contribution in [3.63, 3.8) is 0 Å². The number of hydrogen-bond acceptors (Lipinski definition) is 2. The number of carbonyl (C=O) groups is 1. The van der Waals surface area contributed by atoms with Crippen molar-refractivity contribution >= 4 is 5.91 Å². The highest BCUT2D eigenvalue weighted by molar-refractivity contribution is 5.77. The summed E-state index contributed by atoms with van der Waals surface area (Å²) in [7, 11) is 0. The van der Waals surface area contributed by atoms with Gasteiger partial charge in [0.1, 0.15) is 0 Å². The Bertz CT molecular complexity index is 121. The zero-order chi connectivity index (χ0) is 7.82. The molecule has 1 amide bonds. The first-order valence-electron chi connectivity index (χ1n) is 3.30. The molecule has 2 N–H and O–H groups in total. The number of allylic oxidation sites excluding steroid dienone is 1. The summed E-state index contributed by atoms with van der Waals surface area (Å²) in [4.78, 5) is 10.7. The Morgan fingerprint density at radius 2 is 2.27 bits per heavy atom. The predicted octanol–water partition coefficient (Wildman–Crippen LogP) is 0.697. The third kappa shape index (κ3) is 9.17. The van der Waals surface area contributed by atoms with E-state index in [1.807, 2.05) is 13.0 Å². The molecule has 0 aliphatic carbocycles. The molecule has 0 aromatic carbocycles. The SMILES string of the molecule is C.CC=CCC(=O)NCCO. The molecular weight excluding hydrogens is 142 g/mol. The third-order valence-corrected chi connectivity index (χ3v) is 0.973. The van der Waals surface area contributed by atoms with Crippen LogP contribution in [0.4, 0.5) is 0 Å². The molecule has 0 atom stereocenters. The zero-order valence-electron chi connectivity index (χ0n) is 6.13. The van der Waals surface area contributed by atoms with Gasteiger partial charge in [-0.1, -0.05) is 19.6 Å². The minimum atomic E-state index is -0.0489. The van der Waals surface area contributed by atoms with Crippen molar-refractivity contribution in [1.29, 1.82) is 0 Å². The summed E-state index contributed by atoms with van der Waals surface area (Å²) < 4.78 is 0. The van der Waals surface area contributed by atoms with E-state index in [2.05, 4.69) is 5.32 Å². The van der Waals surface area contributed by atoms with E-state index in [0.29, 0.717) is 13.0 Å².